The first-order valence-corrected chi connectivity index (χ1v) is 9.06. The molecule has 2 aliphatic rings. The Kier molecular flexibility index (Phi) is 4.34. The molecule has 0 bridgehead atoms. The molecule has 0 aliphatic heterocycles. The highest BCUT2D eigenvalue weighted by atomic mass is 79.9. The smallest absolute Gasteiger partial charge is 0.224 e. The van der Waals surface area contributed by atoms with Crippen LogP contribution in [0.15, 0.2) is 28.7 Å². The van der Waals surface area contributed by atoms with E-state index < -0.39 is 0 Å². The maximum Gasteiger partial charge on any atom is 0.224 e. The molecule has 2 saturated carbocycles. The zero-order valence-electron chi connectivity index (χ0n) is 13.2. The van der Waals surface area contributed by atoms with Crippen LogP contribution in [-0.2, 0) is 10.2 Å². The fraction of sp³-hybridized carbons (Fsp3) is 0.611. The number of rotatable bonds is 4. The van der Waals surface area contributed by atoms with Crippen molar-refractivity contribution in [2.24, 2.45) is 11.7 Å². The summed E-state index contributed by atoms with van der Waals surface area (Å²) in [4.78, 5) is 12.6. The molecule has 2 fully saturated rings. The zero-order chi connectivity index (χ0) is 15.8. The van der Waals surface area contributed by atoms with Crippen LogP contribution >= 0.6 is 15.9 Å². The number of amides is 1. The third kappa shape index (κ3) is 3.09. The maximum absolute atomic E-state index is 12.6. The second kappa shape index (κ2) is 5.97. The van der Waals surface area contributed by atoms with E-state index in [1.165, 1.54) is 5.56 Å². The number of hydrogen-bond donors (Lipinski definition) is 2. The molecule has 1 aromatic rings. The van der Waals surface area contributed by atoms with Gasteiger partial charge < -0.3 is 11.1 Å². The zero-order valence-corrected chi connectivity index (χ0v) is 14.8. The molecule has 1 aromatic carbocycles. The van der Waals surface area contributed by atoms with Gasteiger partial charge in [0, 0.05) is 22.0 Å². The summed E-state index contributed by atoms with van der Waals surface area (Å²) in [7, 11) is 0. The van der Waals surface area contributed by atoms with Crippen molar-refractivity contribution in [3.63, 3.8) is 0 Å². The second-order valence-corrected chi connectivity index (χ2v) is 8.14. The molecule has 3 N–H and O–H groups in total. The van der Waals surface area contributed by atoms with Crippen molar-refractivity contribution in [3.05, 3.63) is 34.3 Å². The van der Waals surface area contributed by atoms with Gasteiger partial charge >= 0.3 is 0 Å². The lowest BCUT2D eigenvalue weighted by Crippen LogP contribution is -2.53. The van der Waals surface area contributed by atoms with Gasteiger partial charge in [0.1, 0.15) is 0 Å². The van der Waals surface area contributed by atoms with Gasteiger partial charge in [0.15, 0.2) is 0 Å². The van der Waals surface area contributed by atoms with Crippen molar-refractivity contribution in [3.8, 4) is 0 Å². The van der Waals surface area contributed by atoms with Crippen LogP contribution in [0.1, 0.15) is 51.0 Å². The molecular weight excluding hydrogens is 340 g/mol. The largest absolute Gasteiger partial charge is 0.355 e. The van der Waals surface area contributed by atoms with Crippen LogP contribution in [0, 0.1) is 5.92 Å². The van der Waals surface area contributed by atoms with Gasteiger partial charge in [-0.05, 0) is 44.2 Å². The summed E-state index contributed by atoms with van der Waals surface area (Å²) in [6.07, 6.45) is 6.39. The van der Waals surface area contributed by atoms with E-state index in [1.807, 2.05) is 13.0 Å². The van der Waals surface area contributed by atoms with E-state index in [0.717, 1.165) is 49.5 Å². The predicted molar refractivity (Wildman–Crippen MR) is 92.6 cm³/mol. The summed E-state index contributed by atoms with van der Waals surface area (Å²) >= 11 is 3.64. The highest BCUT2D eigenvalue weighted by Gasteiger charge is 2.46. The molecule has 1 amide bonds. The topological polar surface area (TPSA) is 55.1 Å². The highest BCUT2D eigenvalue weighted by molar-refractivity contribution is 9.10. The van der Waals surface area contributed by atoms with Gasteiger partial charge in [0.05, 0.1) is 5.92 Å². The number of nitrogens with two attached hydrogens (primary N) is 1. The van der Waals surface area contributed by atoms with Gasteiger partial charge in [-0.1, -0.05) is 47.0 Å². The fourth-order valence-corrected chi connectivity index (χ4v) is 4.46. The Balaban J connectivity index is 1.65. The first-order valence-electron chi connectivity index (χ1n) is 8.26. The Bertz CT molecular complexity index is 566. The Morgan fingerprint density at radius 2 is 2.05 bits per heavy atom. The quantitative estimate of drug-likeness (QED) is 0.858. The van der Waals surface area contributed by atoms with E-state index in [0.29, 0.717) is 0 Å². The van der Waals surface area contributed by atoms with Crippen molar-refractivity contribution in [1.29, 1.82) is 0 Å². The molecule has 3 nitrogen and oxygen atoms in total. The van der Waals surface area contributed by atoms with Gasteiger partial charge in [0.25, 0.3) is 0 Å². The minimum Gasteiger partial charge on any atom is -0.355 e. The molecular formula is C18H25BrN2O. The first kappa shape index (κ1) is 16.0. The van der Waals surface area contributed by atoms with Gasteiger partial charge in [-0.2, -0.15) is 0 Å². The van der Waals surface area contributed by atoms with Crippen molar-refractivity contribution in [2.45, 2.75) is 56.4 Å². The summed E-state index contributed by atoms with van der Waals surface area (Å²) in [5.41, 5.74) is 7.42. The number of benzene rings is 1. The Labute approximate surface area is 141 Å². The van der Waals surface area contributed by atoms with E-state index in [1.54, 1.807) is 0 Å². The summed E-state index contributed by atoms with van der Waals surface area (Å²) in [5, 5.41) is 3.20. The van der Waals surface area contributed by atoms with E-state index in [-0.39, 0.29) is 22.8 Å². The average Bonchev–Trinajstić information content (AvgIpc) is 3.26. The molecule has 4 heteroatoms. The van der Waals surface area contributed by atoms with Crippen molar-refractivity contribution in [1.82, 2.24) is 5.32 Å². The van der Waals surface area contributed by atoms with Crippen LogP contribution in [0.5, 0.6) is 0 Å². The van der Waals surface area contributed by atoms with Gasteiger partial charge in [-0.25, -0.2) is 0 Å². The Morgan fingerprint density at radius 3 is 2.68 bits per heavy atom. The SMILES string of the molecule is CC1(N)CCCCC1C(=O)NCC1(c2ccccc2Br)CC1. The first-order chi connectivity index (χ1) is 10.4. The lowest BCUT2D eigenvalue weighted by atomic mass is 9.74. The summed E-state index contributed by atoms with van der Waals surface area (Å²) in [5.74, 6) is 0.0966. The highest BCUT2D eigenvalue weighted by Crippen LogP contribution is 2.50. The number of nitrogens with one attached hydrogen (secondary N) is 1. The molecule has 0 aromatic heterocycles. The molecule has 0 heterocycles. The Hall–Kier alpha value is -0.870. The predicted octanol–water partition coefficient (Wildman–Crippen LogP) is 3.50. The summed E-state index contributed by atoms with van der Waals surface area (Å²) in [6.45, 7) is 2.75. The van der Waals surface area contributed by atoms with E-state index in [9.17, 15) is 4.79 Å². The number of carbonyl (C=O) groups is 1. The third-order valence-electron chi connectivity index (χ3n) is 5.47. The minimum atomic E-state index is -0.355. The van der Waals surface area contributed by atoms with E-state index in [4.69, 9.17) is 5.73 Å². The molecule has 22 heavy (non-hydrogen) atoms. The number of halogens is 1. The third-order valence-corrected chi connectivity index (χ3v) is 6.16. The second-order valence-electron chi connectivity index (χ2n) is 7.28. The van der Waals surface area contributed by atoms with Crippen molar-refractivity contribution < 1.29 is 4.79 Å². The van der Waals surface area contributed by atoms with E-state index in [2.05, 4.69) is 39.4 Å². The van der Waals surface area contributed by atoms with Crippen molar-refractivity contribution >= 4 is 21.8 Å². The normalized spacial score (nSPS) is 29.9. The molecule has 2 unspecified atom stereocenters. The van der Waals surface area contributed by atoms with Crippen LogP contribution < -0.4 is 11.1 Å². The van der Waals surface area contributed by atoms with Crippen LogP contribution in [0.2, 0.25) is 0 Å². The molecule has 2 atom stereocenters. The van der Waals surface area contributed by atoms with Crippen LogP contribution in [-0.4, -0.2) is 18.0 Å². The molecule has 120 valence electrons. The molecule has 0 spiro atoms. The van der Waals surface area contributed by atoms with Gasteiger partial charge in [-0.15, -0.1) is 0 Å². The summed E-state index contributed by atoms with van der Waals surface area (Å²) < 4.78 is 1.14. The average molecular weight is 365 g/mol. The summed E-state index contributed by atoms with van der Waals surface area (Å²) in [6, 6.07) is 8.34. The lowest BCUT2D eigenvalue weighted by Gasteiger charge is -2.37. The molecule has 2 aliphatic carbocycles. The lowest BCUT2D eigenvalue weighted by molar-refractivity contribution is -0.128. The van der Waals surface area contributed by atoms with Crippen LogP contribution in [0.3, 0.4) is 0 Å². The Morgan fingerprint density at radius 1 is 1.32 bits per heavy atom. The molecule has 3 rings (SSSR count). The number of hydrogen-bond acceptors (Lipinski definition) is 2. The molecule has 0 radical (unpaired) electrons. The minimum absolute atomic E-state index is 0.0451. The monoisotopic (exact) mass is 364 g/mol. The van der Waals surface area contributed by atoms with Crippen LogP contribution in [0.4, 0.5) is 0 Å². The van der Waals surface area contributed by atoms with Gasteiger partial charge in [-0.3, -0.25) is 4.79 Å². The molecule has 0 saturated heterocycles. The van der Waals surface area contributed by atoms with Crippen LogP contribution in [0.25, 0.3) is 0 Å². The maximum atomic E-state index is 12.6. The number of carbonyl (C=O) groups excluding carboxylic acids is 1. The fourth-order valence-electron chi connectivity index (χ4n) is 3.75. The standard InChI is InChI=1S/C18H25BrN2O/c1-17(20)9-5-4-7-14(17)16(22)21-12-18(10-11-18)13-6-2-3-8-15(13)19/h2-3,6,8,14H,4-5,7,9-12,20H2,1H3,(H,21,22). The van der Waals surface area contributed by atoms with Gasteiger partial charge in [0.2, 0.25) is 5.91 Å². The van der Waals surface area contributed by atoms with Crippen molar-refractivity contribution in [2.75, 3.05) is 6.54 Å². The van der Waals surface area contributed by atoms with E-state index >= 15 is 0 Å².